The van der Waals surface area contributed by atoms with Gasteiger partial charge in [-0.3, -0.25) is 10.2 Å². The van der Waals surface area contributed by atoms with Crippen LogP contribution < -0.4 is 0 Å². The van der Waals surface area contributed by atoms with E-state index >= 15 is 0 Å². The third-order valence-corrected chi connectivity index (χ3v) is 6.07. The molecule has 148 valence electrons. The molecule has 0 unspecified atom stereocenters. The molecule has 0 bridgehead atoms. The number of halogens is 2. The smallest absolute Gasteiger partial charge is 0.283 e. The largest absolute Gasteiger partial charge is 0.318 e. The average Bonchev–Trinajstić information content (AvgIpc) is 3.21. The van der Waals surface area contributed by atoms with Gasteiger partial charge in [-0.05, 0) is 67.9 Å². The lowest BCUT2D eigenvalue weighted by molar-refractivity contribution is -0.114. The SMILES string of the molecule is CCC1=NN2C(=N)C(=Cc3cc(C)n(-c4ccc(F)c(Cl)c4)c3C)C(=O)N=C2S1. The minimum Gasteiger partial charge on any atom is -0.318 e. The molecule has 6 nitrogen and oxygen atoms in total. The number of carbonyl (C=O) groups excluding carboxylic acids is 1. The van der Waals surface area contributed by atoms with Gasteiger partial charge in [-0.2, -0.15) is 15.1 Å². The van der Waals surface area contributed by atoms with Crippen molar-refractivity contribution in [2.75, 3.05) is 0 Å². The number of thioether (sulfide) groups is 1. The van der Waals surface area contributed by atoms with Crippen LogP contribution in [0.1, 0.15) is 30.3 Å². The Bertz CT molecular complexity index is 1160. The molecule has 1 aromatic carbocycles. The van der Waals surface area contributed by atoms with Crippen molar-refractivity contribution >= 4 is 51.4 Å². The molecule has 2 aliphatic heterocycles. The van der Waals surface area contributed by atoms with E-state index in [-0.39, 0.29) is 16.4 Å². The maximum Gasteiger partial charge on any atom is 0.283 e. The maximum absolute atomic E-state index is 13.5. The Morgan fingerprint density at radius 3 is 2.76 bits per heavy atom. The van der Waals surface area contributed by atoms with Crippen LogP contribution in [-0.4, -0.2) is 31.5 Å². The predicted molar refractivity (Wildman–Crippen MR) is 116 cm³/mol. The van der Waals surface area contributed by atoms with Gasteiger partial charge in [0.2, 0.25) is 5.17 Å². The Morgan fingerprint density at radius 1 is 1.31 bits per heavy atom. The van der Waals surface area contributed by atoms with Gasteiger partial charge in [0.15, 0.2) is 5.84 Å². The number of fused-ring (bicyclic) bond motifs is 1. The van der Waals surface area contributed by atoms with Crippen LogP contribution in [0.5, 0.6) is 0 Å². The molecule has 2 aliphatic rings. The van der Waals surface area contributed by atoms with E-state index in [1.54, 1.807) is 18.2 Å². The maximum atomic E-state index is 13.5. The highest BCUT2D eigenvalue weighted by Gasteiger charge is 2.35. The van der Waals surface area contributed by atoms with Gasteiger partial charge in [0.25, 0.3) is 5.91 Å². The summed E-state index contributed by atoms with van der Waals surface area (Å²) >= 11 is 7.25. The van der Waals surface area contributed by atoms with E-state index in [4.69, 9.17) is 17.0 Å². The fraction of sp³-hybridized carbons (Fsp3) is 0.200. The van der Waals surface area contributed by atoms with Crippen molar-refractivity contribution in [2.45, 2.75) is 27.2 Å². The predicted octanol–water partition coefficient (Wildman–Crippen LogP) is 4.92. The van der Waals surface area contributed by atoms with Gasteiger partial charge in [-0.1, -0.05) is 18.5 Å². The number of nitrogens with one attached hydrogen (secondary N) is 1. The quantitative estimate of drug-likeness (QED) is 0.704. The zero-order chi connectivity index (χ0) is 20.9. The minimum atomic E-state index is -0.481. The number of benzene rings is 1. The van der Waals surface area contributed by atoms with Crippen LogP contribution in [0.2, 0.25) is 5.02 Å². The van der Waals surface area contributed by atoms with Crippen LogP contribution in [-0.2, 0) is 4.79 Å². The second kappa shape index (κ2) is 7.27. The van der Waals surface area contributed by atoms with E-state index in [0.717, 1.165) is 27.7 Å². The molecule has 4 rings (SSSR count). The molecular formula is C20H17ClFN5OS. The standard InChI is InChI=1S/C20H17ClFN5OS/c1-4-17-25-27-18(23)14(19(28)24-20(27)29-17)8-12-7-10(2)26(11(12)3)13-5-6-16(22)15(21)9-13/h5-9,23H,4H2,1-3H3. The van der Waals surface area contributed by atoms with Gasteiger partial charge in [0.1, 0.15) is 10.9 Å². The van der Waals surface area contributed by atoms with Crippen LogP contribution in [0, 0.1) is 25.1 Å². The van der Waals surface area contributed by atoms with Crippen molar-refractivity contribution in [2.24, 2.45) is 10.1 Å². The first-order chi connectivity index (χ1) is 13.8. The summed E-state index contributed by atoms with van der Waals surface area (Å²) in [7, 11) is 0. The number of hydrazone groups is 1. The average molecular weight is 430 g/mol. The van der Waals surface area contributed by atoms with E-state index in [0.29, 0.717) is 11.6 Å². The number of hydrogen-bond donors (Lipinski definition) is 1. The minimum absolute atomic E-state index is 0.00517. The van der Waals surface area contributed by atoms with Gasteiger partial charge in [-0.25, -0.2) is 4.39 Å². The van der Waals surface area contributed by atoms with Crippen LogP contribution in [0.15, 0.2) is 39.9 Å². The van der Waals surface area contributed by atoms with Crippen LogP contribution in [0.25, 0.3) is 11.8 Å². The van der Waals surface area contributed by atoms with E-state index in [2.05, 4.69) is 10.1 Å². The molecule has 0 spiro atoms. The molecule has 1 aromatic heterocycles. The zero-order valence-electron chi connectivity index (χ0n) is 16.0. The van der Waals surface area contributed by atoms with Gasteiger partial charge in [0.05, 0.1) is 10.6 Å². The fourth-order valence-electron chi connectivity index (χ4n) is 3.29. The lowest BCUT2D eigenvalue weighted by atomic mass is 10.1. The van der Waals surface area contributed by atoms with Crippen molar-refractivity contribution in [1.29, 1.82) is 5.41 Å². The number of nitrogens with zero attached hydrogens (tertiary/aromatic N) is 4. The molecule has 3 heterocycles. The normalized spacial score (nSPS) is 17.7. The van der Waals surface area contributed by atoms with Gasteiger partial charge < -0.3 is 4.57 Å². The third kappa shape index (κ3) is 3.32. The summed E-state index contributed by atoms with van der Waals surface area (Å²) < 4.78 is 15.5. The number of aryl methyl sites for hydroxylation is 1. The van der Waals surface area contributed by atoms with E-state index in [1.807, 2.05) is 31.4 Å². The molecule has 2 aromatic rings. The first-order valence-electron chi connectivity index (χ1n) is 8.93. The monoisotopic (exact) mass is 429 g/mol. The molecule has 0 atom stereocenters. The van der Waals surface area contributed by atoms with Crippen molar-refractivity contribution in [3.8, 4) is 5.69 Å². The lowest BCUT2D eigenvalue weighted by Crippen LogP contribution is -2.35. The van der Waals surface area contributed by atoms with E-state index < -0.39 is 11.7 Å². The number of rotatable bonds is 3. The summed E-state index contributed by atoms with van der Waals surface area (Å²) in [6, 6.07) is 6.42. The molecule has 0 saturated carbocycles. The number of hydrogen-bond acceptors (Lipinski definition) is 4. The second-order valence-corrected chi connectivity index (χ2v) is 8.08. The summed E-state index contributed by atoms with van der Waals surface area (Å²) in [5.74, 6) is -0.938. The van der Waals surface area contributed by atoms with Gasteiger partial charge in [-0.15, -0.1) is 0 Å². The number of amides is 1. The van der Waals surface area contributed by atoms with Crippen LogP contribution in [0.3, 0.4) is 0 Å². The summed E-state index contributed by atoms with van der Waals surface area (Å²) in [5.41, 5.74) is 3.38. The fourth-order valence-corrected chi connectivity index (χ4v) is 4.28. The Kier molecular flexibility index (Phi) is 4.92. The highest BCUT2D eigenvalue weighted by molar-refractivity contribution is 8.26. The Hall–Kier alpha value is -2.71. The summed E-state index contributed by atoms with van der Waals surface area (Å²) in [6.45, 7) is 5.76. The number of amidine groups is 2. The molecule has 0 saturated heterocycles. The third-order valence-electron chi connectivity index (χ3n) is 4.73. The van der Waals surface area contributed by atoms with Gasteiger partial charge in [0, 0.05) is 17.1 Å². The molecule has 0 fully saturated rings. The lowest BCUT2D eigenvalue weighted by Gasteiger charge is -2.20. The number of carbonyl (C=O) groups is 1. The summed E-state index contributed by atoms with van der Waals surface area (Å²) in [4.78, 5) is 16.6. The Labute approximate surface area is 176 Å². The molecule has 1 amide bonds. The molecule has 1 N–H and O–H groups in total. The number of aromatic nitrogens is 1. The Balaban J connectivity index is 1.76. The first kappa shape index (κ1) is 19.6. The molecule has 0 radical (unpaired) electrons. The first-order valence-corrected chi connectivity index (χ1v) is 10.1. The zero-order valence-corrected chi connectivity index (χ0v) is 17.5. The highest BCUT2D eigenvalue weighted by Crippen LogP contribution is 2.31. The highest BCUT2D eigenvalue weighted by atomic mass is 35.5. The summed E-state index contributed by atoms with van der Waals surface area (Å²) in [6.07, 6.45) is 2.36. The van der Waals surface area contributed by atoms with Crippen molar-refractivity contribution < 1.29 is 9.18 Å². The van der Waals surface area contributed by atoms with Crippen LogP contribution in [0.4, 0.5) is 4.39 Å². The topological polar surface area (TPSA) is 73.8 Å². The van der Waals surface area contributed by atoms with Crippen molar-refractivity contribution in [1.82, 2.24) is 9.58 Å². The van der Waals surface area contributed by atoms with Crippen molar-refractivity contribution in [3.05, 3.63) is 57.6 Å². The van der Waals surface area contributed by atoms with Crippen molar-refractivity contribution in [3.63, 3.8) is 0 Å². The molecule has 9 heteroatoms. The summed E-state index contributed by atoms with van der Waals surface area (Å²) in [5, 5.41) is 15.5. The number of aliphatic imine (C=N–C) groups is 1. The second-order valence-electron chi connectivity index (χ2n) is 6.63. The molecular weight excluding hydrogens is 413 g/mol. The molecule has 29 heavy (non-hydrogen) atoms. The van der Waals surface area contributed by atoms with Crippen LogP contribution >= 0.6 is 23.4 Å². The Morgan fingerprint density at radius 2 is 2.07 bits per heavy atom. The van der Waals surface area contributed by atoms with E-state index in [9.17, 15) is 9.18 Å². The van der Waals surface area contributed by atoms with E-state index in [1.165, 1.54) is 22.8 Å². The molecule has 0 aliphatic carbocycles. The van der Waals surface area contributed by atoms with Gasteiger partial charge >= 0.3 is 0 Å².